The zero-order valence-corrected chi connectivity index (χ0v) is 21.9. The number of rotatable bonds is 8. The van der Waals surface area contributed by atoms with E-state index >= 15 is 0 Å². The van der Waals surface area contributed by atoms with E-state index in [1.807, 2.05) is 49.9 Å². The van der Waals surface area contributed by atoms with E-state index in [2.05, 4.69) is 29.4 Å². The highest BCUT2D eigenvalue weighted by Crippen LogP contribution is 2.33. The topological polar surface area (TPSA) is 90.5 Å². The molecule has 1 aromatic heterocycles. The number of anilines is 2. The molecule has 4 rings (SSSR count). The van der Waals surface area contributed by atoms with Crippen molar-refractivity contribution in [2.75, 3.05) is 23.3 Å². The van der Waals surface area contributed by atoms with E-state index in [1.54, 1.807) is 0 Å². The highest BCUT2D eigenvalue weighted by molar-refractivity contribution is 6.30. The molecule has 3 heterocycles. The van der Waals surface area contributed by atoms with E-state index in [0.717, 1.165) is 30.5 Å². The lowest BCUT2D eigenvalue weighted by molar-refractivity contribution is -0.121. The molecule has 1 aromatic carbocycles. The molecule has 2 N–H and O–H groups in total. The Morgan fingerprint density at radius 3 is 2.60 bits per heavy atom. The molecular weight excluding hydrogens is 464 g/mol. The third-order valence-electron chi connectivity index (χ3n) is 6.58. The van der Waals surface area contributed by atoms with Gasteiger partial charge in [-0.05, 0) is 58.2 Å². The zero-order valence-electron chi connectivity index (χ0n) is 21.2. The van der Waals surface area contributed by atoms with Gasteiger partial charge >= 0.3 is 0 Å². The number of nitrogens with zero attached hydrogens (tertiary/aromatic N) is 4. The van der Waals surface area contributed by atoms with Gasteiger partial charge in [-0.1, -0.05) is 30.7 Å². The number of hydrogen-bond donors (Lipinski definition) is 2. The molecule has 188 valence electrons. The molecule has 0 spiro atoms. The number of nitrogens with one attached hydrogen (secondary N) is 2. The quantitative estimate of drug-likeness (QED) is 0.571. The summed E-state index contributed by atoms with van der Waals surface area (Å²) < 4.78 is 0. The fraction of sp³-hybridized carbons (Fsp3) is 0.538. The fourth-order valence-corrected chi connectivity index (χ4v) is 4.83. The number of carbonyl (C=O) groups excluding carboxylic acids is 2. The second-order valence-corrected chi connectivity index (χ2v) is 10.8. The van der Waals surface area contributed by atoms with Gasteiger partial charge in [0.15, 0.2) is 0 Å². The summed E-state index contributed by atoms with van der Waals surface area (Å²) in [6.45, 7) is 12.0. The number of hydrogen-bond acceptors (Lipinski definition) is 6. The smallest absolute Gasteiger partial charge is 0.273 e. The lowest BCUT2D eigenvalue weighted by Crippen LogP contribution is -2.37. The molecule has 1 unspecified atom stereocenters. The molecule has 35 heavy (non-hydrogen) atoms. The minimum absolute atomic E-state index is 0.0424. The predicted molar refractivity (Wildman–Crippen MR) is 139 cm³/mol. The highest BCUT2D eigenvalue weighted by atomic mass is 35.5. The monoisotopic (exact) mass is 498 g/mol. The lowest BCUT2D eigenvalue weighted by atomic mass is 9.94. The SMILES string of the molecule is CCC(=O)NC1CCN(c2nc(NC(C)(C)Cc3ccc(Cl)cc3)c3c(n2)C(=O)N(C(C)C)C3)C1. The minimum atomic E-state index is -0.329. The van der Waals surface area contributed by atoms with Crippen LogP contribution in [-0.2, 0) is 17.8 Å². The van der Waals surface area contributed by atoms with Crippen molar-refractivity contribution in [3.05, 3.63) is 46.1 Å². The Kier molecular flexibility index (Phi) is 7.22. The fourth-order valence-electron chi connectivity index (χ4n) is 4.71. The van der Waals surface area contributed by atoms with Gasteiger partial charge in [-0.2, -0.15) is 4.98 Å². The molecule has 0 bridgehead atoms. The van der Waals surface area contributed by atoms with Crippen LogP contribution in [0.2, 0.25) is 5.02 Å². The van der Waals surface area contributed by atoms with Crippen molar-refractivity contribution in [3.8, 4) is 0 Å². The van der Waals surface area contributed by atoms with Crippen molar-refractivity contribution < 1.29 is 9.59 Å². The molecular formula is C26H35ClN6O2. The van der Waals surface area contributed by atoms with Crippen LogP contribution < -0.4 is 15.5 Å². The first kappa shape index (κ1) is 25.2. The largest absolute Gasteiger partial charge is 0.364 e. The van der Waals surface area contributed by atoms with Gasteiger partial charge < -0.3 is 20.4 Å². The van der Waals surface area contributed by atoms with Gasteiger partial charge in [-0.25, -0.2) is 4.98 Å². The molecule has 1 saturated heterocycles. The molecule has 8 nitrogen and oxygen atoms in total. The zero-order chi connectivity index (χ0) is 25.3. The maximum absolute atomic E-state index is 13.2. The first-order chi connectivity index (χ1) is 16.6. The third kappa shape index (κ3) is 5.69. The molecule has 0 radical (unpaired) electrons. The van der Waals surface area contributed by atoms with Crippen molar-refractivity contribution in [2.24, 2.45) is 0 Å². The molecule has 9 heteroatoms. The average Bonchev–Trinajstić information content (AvgIpc) is 3.39. The van der Waals surface area contributed by atoms with Crippen LogP contribution in [0.25, 0.3) is 0 Å². The number of amides is 2. The van der Waals surface area contributed by atoms with Crippen LogP contribution >= 0.6 is 11.6 Å². The maximum atomic E-state index is 13.2. The molecule has 0 saturated carbocycles. The second-order valence-electron chi connectivity index (χ2n) is 10.4. The van der Waals surface area contributed by atoms with Gasteiger partial charge in [-0.3, -0.25) is 9.59 Å². The number of carbonyl (C=O) groups is 2. The molecule has 2 amide bonds. The summed E-state index contributed by atoms with van der Waals surface area (Å²) >= 11 is 6.06. The van der Waals surface area contributed by atoms with Crippen molar-refractivity contribution in [1.29, 1.82) is 0 Å². The minimum Gasteiger partial charge on any atom is -0.364 e. The third-order valence-corrected chi connectivity index (χ3v) is 6.84. The Hall–Kier alpha value is -2.87. The van der Waals surface area contributed by atoms with Crippen molar-refractivity contribution in [2.45, 2.75) is 78.0 Å². The molecule has 1 fully saturated rings. The van der Waals surface area contributed by atoms with Gasteiger partial charge in [0.25, 0.3) is 5.91 Å². The van der Waals surface area contributed by atoms with E-state index in [0.29, 0.717) is 42.0 Å². The number of fused-ring (bicyclic) bond motifs is 1. The van der Waals surface area contributed by atoms with E-state index in [4.69, 9.17) is 21.6 Å². The summed E-state index contributed by atoms with van der Waals surface area (Å²) in [5.74, 6) is 1.20. The van der Waals surface area contributed by atoms with Crippen LogP contribution in [0.15, 0.2) is 24.3 Å². The summed E-state index contributed by atoms with van der Waals surface area (Å²) in [6, 6.07) is 7.97. The van der Waals surface area contributed by atoms with E-state index < -0.39 is 0 Å². The van der Waals surface area contributed by atoms with Crippen LogP contribution in [-0.4, -0.2) is 57.4 Å². The van der Waals surface area contributed by atoms with Gasteiger partial charge in [0.1, 0.15) is 11.5 Å². The van der Waals surface area contributed by atoms with Crippen LogP contribution in [0, 0.1) is 0 Å². The Morgan fingerprint density at radius 1 is 1.23 bits per heavy atom. The first-order valence-corrected chi connectivity index (χ1v) is 12.7. The summed E-state index contributed by atoms with van der Waals surface area (Å²) in [5.41, 5.74) is 2.14. The van der Waals surface area contributed by atoms with Crippen LogP contribution in [0.3, 0.4) is 0 Å². The Balaban J connectivity index is 1.62. The van der Waals surface area contributed by atoms with Crippen molar-refractivity contribution in [3.63, 3.8) is 0 Å². The molecule has 2 aliphatic heterocycles. The van der Waals surface area contributed by atoms with Gasteiger partial charge in [-0.15, -0.1) is 0 Å². The average molecular weight is 499 g/mol. The normalized spacial score (nSPS) is 17.8. The molecule has 2 aliphatic rings. The van der Waals surface area contributed by atoms with E-state index in [9.17, 15) is 9.59 Å². The Labute approximate surface area is 212 Å². The van der Waals surface area contributed by atoms with Crippen molar-refractivity contribution >= 4 is 35.2 Å². The number of aromatic nitrogens is 2. The van der Waals surface area contributed by atoms with Gasteiger partial charge in [0.2, 0.25) is 11.9 Å². The Morgan fingerprint density at radius 2 is 1.94 bits per heavy atom. The molecule has 0 aliphatic carbocycles. The molecule has 2 aromatic rings. The summed E-state index contributed by atoms with van der Waals surface area (Å²) in [5, 5.41) is 7.39. The summed E-state index contributed by atoms with van der Waals surface area (Å²) in [7, 11) is 0. The van der Waals surface area contributed by atoms with Crippen LogP contribution in [0.5, 0.6) is 0 Å². The van der Waals surface area contributed by atoms with E-state index in [-0.39, 0.29) is 29.4 Å². The first-order valence-electron chi connectivity index (χ1n) is 12.3. The highest BCUT2D eigenvalue weighted by Gasteiger charge is 2.37. The van der Waals surface area contributed by atoms with Crippen LogP contribution in [0.4, 0.5) is 11.8 Å². The Bertz CT molecular complexity index is 1100. The van der Waals surface area contributed by atoms with Crippen molar-refractivity contribution in [1.82, 2.24) is 20.2 Å². The maximum Gasteiger partial charge on any atom is 0.273 e. The predicted octanol–water partition coefficient (Wildman–Crippen LogP) is 4.03. The number of halogens is 1. The summed E-state index contributed by atoms with van der Waals surface area (Å²) in [6.07, 6.45) is 2.04. The van der Waals surface area contributed by atoms with Gasteiger partial charge in [0.05, 0.1) is 6.54 Å². The summed E-state index contributed by atoms with van der Waals surface area (Å²) in [4.78, 5) is 38.6. The second kappa shape index (κ2) is 10.0. The standard InChI is InChI=1S/C26H35ClN6O2/c1-6-21(34)28-19-11-12-32(14-19)25-29-22-20(15-33(16(2)3)24(22)35)23(30-25)31-26(4,5)13-17-7-9-18(27)10-8-17/h7-10,16,19H,6,11-15H2,1-5H3,(H,28,34)(H,29,30,31). The number of benzene rings is 1. The lowest BCUT2D eigenvalue weighted by Gasteiger charge is -2.29. The van der Waals surface area contributed by atoms with Crippen LogP contribution in [0.1, 0.15) is 69.1 Å². The van der Waals surface area contributed by atoms with Gasteiger partial charge in [0, 0.05) is 47.7 Å². The molecule has 1 atom stereocenters. The van der Waals surface area contributed by atoms with E-state index in [1.165, 1.54) is 0 Å².